The minimum atomic E-state index is -4.54. The van der Waals surface area contributed by atoms with Crippen LogP contribution in [0, 0.1) is 0 Å². The van der Waals surface area contributed by atoms with Crippen LogP contribution in [0.2, 0.25) is 5.02 Å². The van der Waals surface area contributed by atoms with Crippen LogP contribution in [-0.2, 0) is 17.5 Å². The number of alkyl halides is 3. The Morgan fingerprint density at radius 3 is 2.33 bits per heavy atom. The first-order chi connectivity index (χ1) is 17.2. The molecule has 0 aliphatic carbocycles. The van der Waals surface area contributed by atoms with Gasteiger partial charge >= 0.3 is 12.1 Å². The lowest BCUT2D eigenvalue weighted by Crippen LogP contribution is -2.11. The molecule has 0 aliphatic heterocycles. The molecule has 0 fully saturated rings. The van der Waals surface area contributed by atoms with Crippen molar-refractivity contribution in [3.8, 4) is 16.9 Å². The number of aromatic nitrogens is 1. The van der Waals surface area contributed by atoms with Crippen molar-refractivity contribution in [3.05, 3.63) is 101 Å². The third kappa shape index (κ3) is 4.05. The average Bonchev–Trinajstić information content (AvgIpc) is 3.17. The number of aromatic hydroxyl groups is 1. The molecule has 0 spiro atoms. The van der Waals surface area contributed by atoms with Crippen LogP contribution in [0.15, 0.2) is 78.9 Å². The summed E-state index contributed by atoms with van der Waals surface area (Å²) >= 11 is 6.02. The molecule has 4 nitrogen and oxygen atoms in total. The third-order valence-electron chi connectivity index (χ3n) is 6.20. The van der Waals surface area contributed by atoms with Gasteiger partial charge in [-0.15, -0.1) is 0 Å². The van der Waals surface area contributed by atoms with Crippen molar-refractivity contribution in [3.63, 3.8) is 0 Å². The third-order valence-corrected chi connectivity index (χ3v) is 6.46. The van der Waals surface area contributed by atoms with Crippen molar-refractivity contribution in [1.82, 2.24) is 4.57 Å². The molecule has 1 aromatic heterocycles. The number of hydrogen-bond donors (Lipinski definition) is 1. The van der Waals surface area contributed by atoms with E-state index in [9.17, 15) is 23.1 Å². The van der Waals surface area contributed by atoms with Gasteiger partial charge in [-0.3, -0.25) is 0 Å². The fourth-order valence-electron chi connectivity index (χ4n) is 4.60. The van der Waals surface area contributed by atoms with Gasteiger partial charge in [-0.2, -0.15) is 13.2 Å². The molecular formula is C28H19ClF3NO3. The Morgan fingerprint density at radius 2 is 1.64 bits per heavy atom. The Morgan fingerprint density at radius 1 is 0.917 bits per heavy atom. The van der Waals surface area contributed by atoms with Gasteiger partial charge < -0.3 is 14.4 Å². The summed E-state index contributed by atoms with van der Waals surface area (Å²) in [6.45, 7) is -0.135. The topological polar surface area (TPSA) is 51.5 Å². The molecule has 182 valence electrons. The molecule has 0 amide bonds. The molecule has 0 radical (unpaired) electrons. The van der Waals surface area contributed by atoms with Crippen LogP contribution in [0.1, 0.15) is 21.5 Å². The number of hydrogen-bond acceptors (Lipinski definition) is 3. The Hall–Kier alpha value is -3.97. The number of methoxy groups -OCH3 is 1. The number of nitrogens with zero attached hydrogens (tertiary/aromatic N) is 1. The summed E-state index contributed by atoms with van der Waals surface area (Å²) in [5.41, 5.74) is 1.89. The summed E-state index contributed by atoms with van der Waals surface area (Å²) in [5, 5.41) is 12.4. The van der Waals surface area contributed by atoms with Crippen LogP contribution in [0.3, 0.4) is 0 Å². The van der Waals surface area contributed by atoms with E-state index in [1.165, 1.54) is 19.2 Å². The number of carbonyl (C=O) groups is 1. The van der Waals surface area contributed by atoms with Crippen molar-refractivity contribution >= 4 is 39.4 Å². The Bertz CT molecular complexity index is 1620. The van der Waals surface area contributed by atoms with E-state index < -0.39 is 17.7 Å². The van der Waals surface area contributed by atoms with Crippen LogP contribution < -0.4 is 0 Å². The lowest BCUT2D eigenvalue weighted by molar-refractivity contribution is -0.138. The highest BCUT2D eigenvalue weighted by atomic mass is 35.5. The summed E-state index contributed by atoms with van der Waals surface area (Å²) < 4.78 is 48.0. The second-order valence-electron chi connectivity index (χ2n) is 8.33. The summed E-state index contributed by atoms with van der Waals surface area (Å²) in [7, 11) is 1.25. The Kier molecular flexibility index (Phi) is 5.88. The van der Waals surface area contributed by atoms with Crippen molar-refractivity contribution in [2.75, 3.05) is 7.11 Å². The van der Waals surface area contributed by atoms with E-state index in [-0.39, 0.29) is 23.4 Å². The number of esters is 1. The lowest BCUT2D eigenvalue weighted by Gasteiger charge is -2.15. The second kappa shape index (κ2) is 8.91. The quantitative estimate of drug-likeness (QED) is 0.253. The normalized spacial score (nSPS) is 11.8. The standard InChI is InChI=1S/C28H19ClF3NO3/c1-36-27(35)20-6-4-8-22-25(20)26-23(13-18(14-24(26)34)16-9-11-19(29)12-10-16)33(22)15-17-5-2-3-7-21(17)28(30,31)32/h2-14,34H,15H2,1H3. The Labute approximate surface area is 209 Å². The van der Waals surface area contributed by atoms with Crippen molar-refractivity contribution < 1.29 is 27.8 Å². The maximum absolute atomic E-state index is 13.8. The predicted molar refractivity (Wildman–Crippen MR) is 133 cm³/mol. The largest absolute Gasteiger partial charge is 0.507 e. The molecule has 0 aliphatic rings. The van der Waals surface area contributed by atoms with E-state index in [1.54, 1.807) is 65.2 Å². The van der Waals surface area contributed by atoms with Gasteiger partial charge in [0, 0.05) is 17.0 Å². The molecule has 5 aromatic rings. The minimum absolute atomic E-state index is 0.0589. The molecule has 0 saturated heterocycles. The van der Waals surface area contributed by atoms with Gasteiger partial charge in [0.05, 0.1) is 34.7 Å². The number of benzene rings is 4. The molecule has 1 heterocycles. The highest BCUT2D eigenvalue weighted by Gasteiger charge is 2.33. The molecule has 0 unspecified atom stereocenters. The maximum Gasteiger partial charge on any atom is 0.416 e. The van der Waals surface area contributed by atoms with Gasteiger partial charge in [-0.05, 0) is 59.2 Å². The number of carbonyl (C=O) groups excluding carboxylic acids is 1. The van der Waals surface area contributed by atoms with E-state index in [2.05, 4.69) is 0 Å². The maximum atomic E-state index is 13.8. The monoisotopic (exact) mass is 509 g/mol. The molecule has 0 atom stereocenters. The highest BCUT2D eigenvalue weighted by molar-refractivity contribution is 6.30. The smallest absolute Gasteiger partial charge is 0.416 e. The van der Waals surface area contributed by atoms with E-state index in [0.29, 0.717) is 32.4 Å². The predicted octanol–water partition coefficient (Wildman–Crippen LogP) is 7.67. The molecule has 36 heavy (non-hydrogen) atoms. The van der Waals surface area contributed by atoms with Gasteiger partial charge in [0.25, 0.3) is 0 Å². The zero-order valence-electron chi connectivity index (χ0n) is 18.9. The molecule has 8 heteroatoms. The van der Waals surface area contributed by atoms with Gasteiger partial charge in [0.2, 0.25) is 0 Å². The molecule has 0 saturated carbocycles. The number of ether oxygens (including phenoxy) is 1. The first-order valence-electron chi connectivity index (χ1n) is 11.0. The highest BCUT2D eigenvalue weighted by Crippen LogP contribution is 2.41. The number of phenolic OH excluding ortho intramolecular Hbond substituents is 1. The fraction of sp³-hybridized carbons (Fsp3) is 0.107. The van der Waals surface area contributed by atoms with Crippen LogP contribution >= 0.6 is 11.6 Å². The Balaban J connectivity index is 1.84. The number of rotatable bonds is 4. The number of phenols is 1. The van der Waals surface area contributed by atoms with Crippen LogP contribution in [-0.4, -0.2) is 22.8 Å². The molecule has 5 rings (SSSR count). The van der Waals surface area contributed by atoms with Crippen LogP contribution in [0.4, 0.5) is 13.2 Å². The van der Waals surface area contributed by atoms with E-state index in [0.717, 1.165) is 11.6 Å². The first-order valence-corrected chi connectivity index (χ1v) is 11.3. The van der Waals surface area contributed by atoms with Gasteiger partial charge in [-0.25, -0.2) is 4.79 Å². The summed E-state index contributed by atoms with van der Waals surface area (Å²) in [5.74, 6) is -0.724. The van der Waals surface area contributed by atoms with Gasteiger partial charge in [0.15, 0.2) is 0 Å². The molecule has 1 N–H and O–H groups in total. The van der Waals surface area contributed by atoms with Gasteiger partial charge in [-0.1, -0.05) is 48.0 Å². The minimum Gasteiger partial charge on any atom is -0.507 e. The van der Waals surface area contributed by atoms with E-state index >= 15 is 0 Å². The van der Waals surface area contributed by atoms with Crippen LogP contribution in [0.5, 0.6) is 5.75 Å². The SMILES string of the molecule is COC(=O)c1cccc2c1c1c(O)cc(-c3ccc(Cl)cc3)cc1n2Cc1ccccc1C(F)(F)F. The second-order valence-corrected chi connectivity index (χ2v) is 8.77. The lowest BCUT2D eigenvalue weighted by atomic mass is 10.0. The number of halogens is 4. The van der Waals surface area contributed by atoms with Crippen molar-refractivity contribution in [1.29, 1.82) is 0 Å². The first kappa shape index (κ1) is 23.8. The summed E-state index contributed by atoms with van der Waals surface area (Å²) in [4.78, 5) is 12.6. The van der Waals surface area contributed by atoms with Gasteiger partial charge in [0.1, 0.15) is 5.75 Å². The zero-order valence-corrected chi connectivity index (χ0v) is 19.7. The average molecular weight is 510 g/mol. The fourth-order valence-corrected chi connectivity index (χ4v) is 4.73. The van der Waals surface area contributed by atoms with Crippen LogP contribution in [0.25, 0.3) is 32.9 Å². The molecular weight excluding hydrogens is 491 g/mol. The summed E-state index contributed by atoms with van der Waals surface area (Å²) in [6.07, 6.45) is -4.54. The molecule has 0 bridgehead atoms. The van der Waals surface area contributed by atoms with E-state index in [1.807, 2.05) is 0 Å². The summed E-state index contributed by atoms with van der Waals surface area (Å²) in [6, 6.07) is 20.6. The van der Waals surface area contributed by atoms with Crippen molar-refractivity contribution in [2.45, 2.75) is 12.7 Å². The number of fused-ring (bicyclic) bond motifs is 3. The van der Waals surface area contributed by atoms with E-state index in [4.69, 9.17) is 16.3 Å². The molecule has 4 aromatic carbocycles. The van der Waals surface area contributed by atoms with Crippen molar-refractivity contribution in [2.24, 2.45) is 0 Å². The zero-order chi connectivity index (χ0) is 25.6.